The summed E-state index contributed by atoms with van der Waals surface area (Å²) in [6.45, 7) is 2.16. The molecule has 0 aliphatic heterocycles. The number of anilines is 1. The van der Waals surface area contributed by atoms with Crippen LogP contribution < -0.4 is 10.6 Å². The SMILES string of the molecule is Cc1ccc(Cl)cc1NC(=O)CCNC(=O)/C=C/c1ccccc1. The van der Waals surface area contributed by atoms with Crippen molar-refractivity contribution >= 4 is 35.2 Å². The summed E-state index contributed by atoms with van der Waals surface area (Å²) < 4.78 is 0. The topological polar surface area (TPSA) is 58.2 Å². The molecule has 2 rings (SSSR count). The number of hydrogen-bond donors (Lipinski definition) is 2. The standard InChI is InChI=1S/C19H19ClN2O2/c1-14-7-9-16(20)13-17(14)22-19(24)11-12-21-18(23)10-8-15-5-3-2-4-6-15/h2-10,13H,11-12H2,1H3,(H,21,23)(H,22,24)/b10-8+. The maximum absolute atomic E-state index is 11.9. The number of nitrogens with one attached hydrogen (secondary N) is 2. The summed E-state index contributed by atoms with van der Waals surface area (Å²) in [5.74, 6) is -0.404. The Hall–Kier alpha value is -2.59. The summed E-state index contributed by atoms with van der Waals surface area (Å²) in [6.07, 6.45) is 3.37. The van der Waals surface area contributed by atoms with Gasteiger partial charge in [0, 0.05) is 29.8 Å². The third kappa shape index (κ3) is 5.89. The molecule has 0 aliphatic carbocycles. The fourth-order valence-corrected chi connectivity index (χ4v) is 2.21. The lowest BCUT2D eigenvalue weighted by Crippen LogP contribution is -2.26. The highest BCUT2D eigenvalue weighted by atomic mass is 35.5. The first kappa shape index (κ1) is 17.8. The first-order valence-corrected chi connectivity index (χ1v) is 7.99. The molecule has 0 saturated carbocycles. The quantitative estimate of drug-likeness (QED) is 0.784. The molecule has 24 heavy (non-hydrogen) atoms. The number of benzene rings is 2. The number of rotatable bonds is 6. The second kappa shape index (κ2) is 8.89. The summed E-state index contributed by atoms with van der Waals surface area (Å²) in [4.78, 5) is 23.6. The normalized spacial score (nSPS) is 10.6. The molecule has 2 amide bonds. The predicted molar refractivity (Wildman–Crippen MR) is 97.9 cm³/mol. The van der Waals surface area contributed by atoms with E-state index >= 15 is 0 Å². The molecular formula is C19H19ClN2O2. The average molecular weight is 343 g/mol. The van der Waals surface area contributed by atoms with Gasteiger partial charge in [-0.25, -0.2) is 0 Å². The summed E-state index contributed by atoms with van der Waals surface area (Å²) >= 11 is 5.92. The van der Waals surface area contributed by atoms with Crippen LogP contribution in [0, 0.1) is 6.92 Å². The Labute approximate surface area is 146 Å². The summed E-state index contributed by atoms with van der Waals surface area (Å²) in [5, 5.41) is 6.04. The Morgan fingerprint density at radius 2 is 1.88 bits per heavy atom. The van der Waals surface area contributed by atoms with E-state index in [1.54, 1.807) is 18.2 Å². The van der Waals surface area contributed by atoms with Gasteiger partial charge in [0.05, 0.1) is 0 Å². The minimum Gasteiger partial charge on any atom is -0.352 e. The Bertz CT molecular complexity index is 742. The van der Waals surface area contributed by atoms with Crippen LogP contribution in [0.15, 0.2) is 54.6 Å². The van der Waals surface area contributed by atoms with Crippen molar-refractivity contribution < 1.29 is 9.59 Å². The highest BCUT2D eigenvalue weighted by Crippen LogP contribution is 2.20. The van der Waals surface area contributed by atoms with Crippen LogP contribution in [0.2, 0.25) is 5.02 Å². The van der Waals surface area contributed by atoms with Crippen molar-refractivity contribution in [2.75, 3.05) is 11.9 Å². The molecule has 0 unspecified atom stereocenters. The van der Waals surface area contributed by atoms with Crippen LogP contribution in [0.3, 0.4) is 0 Å². The smallest absolute Gasteiger partial charge is 0.244 e. The van der Waals surface area contributed by atoms with E-state index in [-0.39, 0.29) is 24.8 Å². The van der Waals surface area contributed by atoms with Gasteiger partial charge in [-0.2, -0.15) is 0 Å². The molecular weight excluding hydrogens is 324 g/mol. The van der Waals surface area contributed by atoms with Crippen molar-refractivity contribution in [1.82, 2.24) is 5.32 Å². The minimum absolute atomic E-state index is 0.173. The lowest BCUT2D eigenvalue weighted by atomic mass is 10.2. The molecule has 0 heterocycles. The zero-order chi connectivity index (χ0) is 17.4. The van der Waals surface area contributed by atoms with Gasteiger partial charge in [0.15, 0.2) is 0 Å². The summed E-state index contributed by atoms with van der Waals surface area (Å²) in [7, 11) is 0. The highest BCUT2D eigenvalue weighted by Gasteiger charge is 2.06. The molecule has 2 N–H and O–H groups in total. The van der Waals surface area contributed by atoms with E-state index in [1.807, 2.05) is 43.3 Å². The van der Waals surface area contributed by atoms with Gasteiger partial charge in [-0.1, -0.05) is 48.0 Å². The van der Waals surface area contributed by atoms with Gasteiger partial charge in [0.2, 0.25) is 11.8 Å². The van der Waals surface area contributed by atoms with Gasteiger partial charge >= 0.3 is 0 Å². The fraction of sp³-hybridized carbons (Fsp3) is 0.158. The Balaban J connectivity index is 1.75. The molecule has 0 spiro atoms. The van der Waals surface area contributed by atoms with E-state index in [4.69, 9.17) is 11.6 Å². The first-order chi connectivity index (χ1) is 11.5. The molecule has 0 fully saturated rings. The minimum atomic E-state index is -0.231. The molecule has 0 aromatic heterocycles. The van der Waals surface area contributed by atoms with Gasteiger partial charge in [0.1, 0.15) is 0 Å². The molecule has 0 aliphatic rings. The lowest BCUT2D eigenvalue weighted by molar-refractivity contribution is -0.117. The molecule has 0 radical (unpaired) electrons. The van der Waals surface area contributed by atoms with Crippen molar-refractivity contribution in [1.29, 1.82) is 0 Å². The first-order valence-electron chi connectivity index (χ1n) is 7.61. The van der Waals surface area contributed by atoms with Gasteiger partial charge < -0.3 is 10.6 Å². The van der Waals surface area contributed by atoms with Crippen LogP contribution in [0.25, 0.3) is 6.08 Å². The van der Waals surface area contributed by atoms with E-state index < -0.39 is 0 Å². The number of amides is 2. The predicted octanol–water partition coefficient (Wildman–Crippen LogP) is 3.81. The number of hydrogen-bond acceptors (Lipinski definition) is 2. The molecule has 0 atom stereocenters. The van der Waals surface area contributed by atoms with E-state index in [0.717, 1.165) is 11.1 Å². The Morgan fingerprint density at radius 1 is 1.12 bits per heavy atom. The van der Waals surface area contributed by atoms with Gasteiger partial charge in [-0.05, 0) is 36.3 Å². The molecule has 2 aromatic rings. The second-order valence-electron chi connectivity index (χ2n) is 5.29. The Kier molecular flexibility index (Phi) is 6.58. The van der Waals surface area contributed by atoms with Crippen LogP contribution in [0.4, 0.5) is 5.69 Å². The maximum atomic E-state index is 11.9. The number of carbonyl (C=O) groups is 2. The third-order valence-electron chi connectivity index (χ3n) is 3.35. The number of aryl methyl sites for hydroxylation is 1. The van der Waals surface area contributed by atoms with Crippen LogP contribution >= 0.6 is 11.6 Å². The highest BCUT2D eigenvalue weighted by molar-refractivity contribution is 6.31. The zero-order valence-corrected chi connectivity index (χ0v) is 14.1. The van der Waals surface area contributed by atoms with E-state index in [9.17, 15) is 9.59 Å². The van der Waals surface area contributed by atoms with Crippen LogP contribution in [0.1, 0.15) is 17.5 Å². The average Bonchev–Trinajstić information content (AvgIpc) is 2.57. The van der Waals surface area contributed by atoms with Crippen LogP contribution in [-0.2, 0) is 9.59 Å². The molecule has 0 saturated heterocycles. The molecule has 0 bridgehead atoms. The van der Waals surface area contributed by atoms with Crippen LogP contribution in [0.5, 0.6) is 0 Å². The fourth-order valence-electron chi connectivity index (χ4n) is 2.04. The van der Waals surface area contributed by atoms with Crippen molar-refractivity contribution in [2.24, 2.45) is 0 Å². The van der Waals surface area contributed by atoms with Crippen molar-refractivity contribution in [3.8, 4) is 0 Å². The molecule has 124 valence electrons. The number of halogens is 1. The van der Waals surface area contributed by atoms with E-state index in [0.29, 0.717) is 10.7 Å². The van der Waals surface area contributed by atoms with Gasteiger partial charge in [-0.15, -0.1) is 0 Å². The van der Waals surface area contributed by atoms with Crippen LogP contribution in [-0.4, -0.2) is 18.4 Å². The summed E-state index contributed by atoms with van der Waals surface area (Å²) in [6, 6.07) is 14.8. The zero-order valence-electron chi connectivity index (χ0n) is 13.4. The third-order valence-corrected chi connectivity index (χ3v) is 3.59. The Morgan fingerprint density at radius 3 is 2.62 bits per heavy atom. The monoisotopic (exact) mass is 342 g/mol. The van der Waals surface area contributed by atoms with E-state index in [2.05, 4.69) is 10.6 Å². The second-order valence-corrected chi connectivity index (χ2v) is 5.73. The van der Waals surface area contributed by atoms with Gasteiger partial charge in [-0.3, -0.25) is 9.59 Å². The van der Waals surface area contributed by atoms with Crippen molar-refractivity contribution in [3.63, 3.8) is 0 Å². The largest absolute Gasteiger partial charge is 0.352 e. The van der Waals surface area contributed by atoms with E-state index in [1.165, 1.54) is 6.08 Å². The lowest BCUT2D eigenvalue weighted by Gasteiger charge is -2.09. The number of carbonyl (C=O) groups excluding carboxylic acids is 2. The van der Waals surface area contributed by atoms with Crippen molar-refractivity contribution in [3.05, 3.63) is 70.8 Å². The summed E-state index contributed by atoms with van der Waals surface area (Å²) in [5.41, 5.74) is 2.56. The molecule has 2 aromatic carbocycles. The molecule has 4 nitrogen and oxygen atoms in total. The van der Waals surface area contributed by atoms with Crippen molar-refractivity contribution in [2.45, 2.75) is 13.3 Å². The van der Waals surface area contributed by atoms with Gasteiger partial charge in [0.25, 0.3) is 0 Å². The maximum Gasteiger partial charge on any atom is 0.244 e. The molecule has 5 heteroatoms.